The van der Waals surface area contributed by atoms with Gasteiger partial charge in [0.2, 0.25) is 11.8 Å². The number of thioether (sulfide) groups is 1. The Morgan fingerprint density at radius 2 is 1.62 bits per heavy atom. The van der Waals surface area contributed by atoms with Gasteiger partial charge in [0.1, 0.15) is 0 Å². The fourth-order valence-corrected chi connectivity index (χ4v) is 4.63. The minimum atomic E-state index is 0.261. The lowest BCUT2D eigenvalue weighted by atomic mass is 10.1. The zero-order valence-electron chi connectivity index (χ0n) is 14.5. The number of hydrogen-bond donors (Lipinski definition) is 1. The molecule has 3 aliphatic rings. The van der Waals surface area contributed by atoms with Gasteiger partial charge in [-0.2, -0.15) is 11.8 Å². The first-order valence-corrected chi connectivity index (χ1v) is 10.5. The fraction of sp³-hybridized carbons (Fsp3) is 0.882. The first-order valence-electron chi connectivity index (χ1n) is 9.31. The average Bonchev–Trinajstić information content (AvgIpc) is 2.64. The van der Waals surface area contributed by atoms with Gasteiger partial charge in [-0.1, -0.05) is 0 Å². The van der Waals surface area contributed by atoms with Crippen LogP contribution in [0, 0.1) is 0 Å². The van der Waals surface area contributed by atoms with E-state index in [4.69, 9.17) is 0 Å². The van der Waals surface area contributed by atoms with Gasteiger partial charge in [0, 0.05) is 69.8 Å². The van der Waals surface area contributed by atoms with Crippen LogP contribution < -0.4 is 5.32 Å². The summed E-state index contributed by atoms with van der Waals surface area (Å²) in [4.78, 5) is 30.9. The molecular weight excluding hydrogens is 324 g/mol. The number of piperidine rings is 1. The Labute approximate surface area is 149 Å². The summed E-state index contributed by atoms with van der Waals surface area (Å²) in [5.74, 6) is 2.71. The third-order valence-electron chi connectivity index (χ3n) is 5.21. The van der Waals surface area contributed by atoms with Crippen molar-refractivity contribution >= 4 is 23.6 Å². The SMILES string of the molecule is O=C(CC1CSCCN1)N1CCN(CC(=O)N2CCCCC2)CC1. The Morgan fingerprint density at radius 1 is 0.917 bits per heavy atom. The van der Waals surface area contributed by atoms with Crippen molar-refractivity contribution in [2.45, 2.75) is 31.7 Å². The molecule has 1 atom stereocenters. The van der Waals surface area contributed by atoms with Crippen LogP contribution in [0.4, 0.5) is 0 Å². The number of nitrogens with one attached hydrogen (secondary N) is 1. The third-order valence-corrected chi connectivity index (χ3v) is 6.34. The van der Waals surface area contributed by atoms with Crippen molar-refractivity contribution < 1.29 is 9.59 Å². The zero-order chi connectivity index (χ0) is 16.8. The molecule has 0 saturated carbocycles. The molecule has 3 heterocycles. The molecule has 136 valence electrons. The Balaban J connectivity index is 1.37. The lowest BCUT2D eigenvalue weighted by Crippen LogP contribution is -2.53. The van der Waals surface area contributed by atoms with E-state index in [1.54, 1.807) is 0 Å². The summed E-state index contributed by atoms with van der Waals surface area (Å²) < 4.78 is 0. The van der Waals surface area contributed by atoms with Crippen LogP contribution in [0.25, 0.3) is 0 Å². The van der Waals surface area contributed by atoms with Gasteiger partial charge in [-0.3, -0.25) is 14.5 Å². The highest BCUT2D eigenvalue weighted by atomic mass is 32.2. The van der Waals surface area contributed by atoms with Crippen molar-refractivity contribution in [3.05, 3.63) is 0 Å². The van der Waals surface area contributed by atoms with E-state index in [0.717, 1.165) is 70.2 Å². The van der Waals surface area contributed by atoms with Crippen LogP contribution in [0.1, 0.15) is 25.7 Å². The minimum Gasteiger partial charge on any atom is -0.342 e. The molecule has 2 amide bonds. The molecule has 24 heavy (non-hydrogen) atoms. The summed E-state index contributed by atoms with van der Waals surface area (Å²) in [5.41, 5.74) is 0. The first-order chi connectivity index (χ1) is 11.7. The summed E-state index contributed by atoms with van der Waals surface area (Å²) in [5, 5.41) is 3.43. The van der Waals surface area contributed by atoms with Crippen LogP contribution in [0.5, 0.6) is 0 Å². The number of nitrogens with zero attached hydrogens (tertiary/aromatic N) is 3. The second kappa shape index (κ2) is 9.06. The van der Waals surface area contributed by atoms with Crippen LogP contribution in [-0.4, -0.2) is 96.4 Å². The molecule has 3 saturated heterocycles. The predicted molar refractivity (Wildman–Crippen MR) is 97.2 cm³/mol. The second-order valence-electron chi connectivity index (χ2n) is 7.03. The molecule has 0 aromatic heterocycles. The maximum absolute atomic E-state index is 12.4. The Kier molecular flexibility index (Phi) is 6.80. The minimum absolute atomic E-state index is 0.261. The van der Waals surface area contributed by atoms with Gasteiger partial charge >= 0.3 is 0 Å². The van der Waals surface area contributed by atoms with Gasteiger partial charge in [-0.25, -0.2) is 0 Å². The van der Waals surface area contributed by atoms with Crippen molar-refractivity contribution in [3.8, 4) is 0 Å². The highest BCUT2D eigenvalue weighted by Gasteiger charge is 2.26. The Hall–Kier alpha value is -0.790. The van der Waals surface area contributed by atoms with E-state index < -0.39 is 0 Å². The molecule has 1 unspecified atom stereocenters. The molecule has 0 aromatic rings. The number of carbonyl (C=O) groups excluding carboxylic acids is 2. The van der Waals surface area contributed by atoms with E-state index in [1.807, 2.05) is 21.6 Å². The molecule has 3 rings (SSSR count). The van der Waals surface area contributed by atoms with E-state index >= 15 is 0 Å². The second-order valence-corrected chi connectivity index (χ2v) is 8.18. The number of hydrogen-bond acceptors (Lipinski definition) is 5. The van der Waals surface area contributed by atoms with E-state index in [-0.39, 0.29) is 11.8 Å². The van der Waals surface area contributed by atoms with Gasteiger partial charge in [0.05, 0.1) is 6.54 Å². The number of carbonyl (C=O) groups is 2. The standard InChI is InChI=1S/C17H30N4O2S/c22-16(12-15-14-24-11-4-18-15)21-9-7-19(8-10-21)13-17(23)20-5-2-1-3-6-20/h15,18H,1-14H2. The smallest absolute Gasteiger partial charge is 0.236 e. The maximum Gasteiger partial charge on any atom is 0.236 e. The highest BCUT2D eigenvalue weighted by molar-refractivity contribution is 7.99. The largest absolute Gasteiger partial charge is 0.342 e. The summed E-state index contributed by atoms with van der Waals surface area (Å²) >= 11 is 1.93. The predicted octanol–water partition coefficient (Wildman–Crippen LogP) is 0.238. The summed E-state index contributed by atoms with van der Waals surface area (Å²) in [6.07, 6.45) is 4.14. The molecule has 0 bridgehead atoms. The fourth-order valence-electron chi connectivity index (χ4n) is 3.68. The molecule has 3 fully saturated rings. The molecule has 6 nitrogen and oxygen atoms in total. The summed E-state index contributed by atoms with van der Waals surface area (Å²) in [7, 11) is 0. The van der Waals surface area contributed by atoms with Crippen molar-refractivity contribution in [2.24, 2.45) is 0 Å². The van der Waals surface area contributed by atoms with Gasteiger partial charge in [0.15, 0.2) is 0 Å². The van der Waals surface area contributed by atoms with Crippen molar-refractivity contribution in [3.63, 3.8) is 0 Å². The van der Waals surface area contributed by atoms with Gasteiger partial charge < -0.3 is 15.1 Å². The zero-order valence-corrected chi connectivity index (χ0v) is 15.4. The van der Waals surface area contributed by atoms with Gasteiger partial charge in [0.25, 0.3) is 0 Å². The number of rotatable bonds is 4. The first kappa shape index (κ1) is 18.0. The van der Waals surface area contributed by atoms with E-state index in [1.165, 1.54) is 6.42 Å². The molecule has 3 aliphatic heterocycles. The van der Waals surface area contributed by atoms with Crippen LogP contribution in [0.15, 0.2) is 0 Å². The molecule has 1 N–H and O–H groups in total. The van der Waals surface area contributed by atoms with Crippen LogP contribution in [-0.2, 0) is 9.59 Å². The third kappa shape index (κ3) is 5.10. The highest BCUT2D eigenvalue weighted by Crippen LogP contribution is 2.13. The molecule has 0 spiro atoms. The molecule has 7 heteroatoms. The Morgan fingerprint density at radius 3 is 2.29 bits per heavy atom. The van der Waals surface area contributed by atoms with Crippen molar-refractivity contribution in [1.29, 1.82) is 0 Å². The topological polar surface area (TPSA) is 55.9 Å². The number of amides is 2. The normalized spacial score (nSPS) is 26.4. The van der Waals surface area contributed by atoms with Crippen LogP contribution in [0.3, 0.4) is 0 Å². The van der Waals surface area contributed by atoms with Crippen LogP contribution >= 0.6 is 11.8 Å². The van der Waals surface area contributed by atoms with Gasteiger partial charge in [-0.05, 0) is 19.3 Å². The van der Waals surface area contributed by atoms with E-state index in [0.29, 0.717) is 19.0 Å². The van der Waals surface area contributed by atoms with Gasteiger partial charge in [-0.15, -0.1) is 0 Å². The molecular formula is C17H30N4O2S. The van der Waals surface area contributed by atoms with Crippen molar-refractivity contribution in [2.75, 3.05) is 63.9 Å². The lowest BCUT2D eigenvalue weighted by molar-refractivity contribution is -0.135. The van der Waals surface area contributed by atoms with E-state index in [9.17, 15) is 9.59 Å². The lowest BCUT2D eigenvalue weighted by Gasteiger charge is -2.36. The summed E-state index contributed by atoms with van der Waals surface area (Å²) in [6.45, 7) is 6.51. The van der Waals surface area contributed by atoms with Crippen LogP contribution in [0.2, 0.25) is 0 Å². The number of piperazine rings is 1. The Bertz CT molecular complexity index is 428. The number of likely N-dealkylation sites (tertiary alicyclic amines) is 1. The summed E-state index contributed by atoms with van der Waals surface area (Å²) in [6, 6.07) is 0.329. The van der Waals surface area contributed by atoms with Crippen molar-refractivity contribution in [1.82, 2.24) is 20.0 Å². The maximum atomic E-state index is 12.4. The monoisotopic (exact) mass is 354 g/mol. The quantitative estimate of drug-likeness (QED) is 0.784. The van der Waals surface area contributed by atoms with E-state index in [2.05, 4.69) is 10.2 Å². The molecule has 0 aromatic carbocycles. The molecule has 0 radical (unpaired) electrons. The average molecular weight is 355 g/mol. The molecule has 0 aliphatic carbocycles.